The van der Waals surface area contributed by atoms with E-state index in [1.165, 1.54) is 6.42 Å². The van der Waals surface area contributed by atoms with Crippen LogP contribution in [-0.2, 0) is 22.6 Å². The van der Waals surface area contributed by atoms with E-state index in [0.717, 1.165) is 47.9 Å². The normalized spacial score (nSPS) is 15.2. The summed E-state index contributed by atoms with van der Waals surface area (Å²) in [4.78, 5) is 28.7. The molecule has 2 aromatic rings. The molecule has 0 unspecified atom stereocenters. The smallest absolute Gasteiger partial charge is 0.243 e. The maximum Gasteiger partial charge on any atom is 0.243 e. The van der Waals surface area contributed by atoms with Crippen LogP contribution in [0.15, 0.2) is 36.4 Å². The van der Waals surface area contributed by atoms with Crippen molar-refractivity contribution < 1.29 is 9.59 Å². The fourth-order valence-electron chi connectivity index (χ4n) is 4.55. The van der Waals surface area contributed by atoms with Gasteiger partial charge in [-0.3, -0.25) is 9.59 Å². The van der Waals surface area contributed by atoms with E-state index in [-0.39, 0.29) is 30.8 Å². The lowest BCUT2D eigenvalue weighted by Gasteiger charge is -2.33. The highest BCUT2D eigenvalue weighted by molar-refractivity contribution is 6.35. The van der Waals surface area contributed by atoms with Gasteiger partial charge in [-0.2, -0.15) is 0 Å². The number of hydrogen-bond acceptors (Lipinski definition) is 2. The third-order valence-corrected chi connectivity index (χ3v) is 7.13. The van der Waals surface area contributed by atoms with E-state index >= 15 is 0 Å². The van der Waals surface area contributed by atoms with Crippen molar-refractivity contribution in [1.82, 2.24) is 10.2 Å². The number of halogens is 2. The van der Waals surface area contributed by atoms with Crippen LogP contribution in [0, 0.1) is 13.8 Å². The third-order valence-electron chi connectivity index (χ3n) is 6.54. The summed E-state index contributed by atoms with van der Waals surface area (Å²) < 4.78 is 0. The van der Waals surface area contributed by atoms with Gasteiger partial charge in [0.05, 0.1) is 6.42 Å². The fourth-order valence-corrected chi connectivity index (χ4v) is 5.02. The van der Waals surface area contributed by atoms with Gasteiger partial charge in [-0.05, 0) is 61.9 Å². The van der Waals surface area contributed by atoms with Crippen LogP contribution in [0.5, 0.6) is 0 Å². The van der Waals surface area contributed by atoms with Crippen LogP contribution >= 0.6 is 23.2 Å². The molecule has 0 aliphatic heterocycles. The van der Waals surface area contributed by atoms with Crippen molar-refractivity contribution in [3.8, 4) is 0 Å². The Hall–Kier alpha value is -2.04. The lowest BCUT2D eigenvalue weighted by Crippen LogP contribution is -2.52. The summed E-state index contributed by atoms with van der Waals surface area (Å²) in [7, 11) is 0. The van der Waals surface area contributed by atoms with E-state index in [9.17, 15) is 9.59 Å². The van der Waals surface area contributed by atoms with Gasteiger partial charge in [-0.25, -0.2) is 0 Å². The second kappa shape index (κ2) is 11.9. The average molecular weight is 489 g/mol. The number of benzene rings is 2. The monoisotopic (exact) mass is 488 g/mol. The molecule has 0 aromatic heterocycles. The quantitative estimate of drug-likeness (QED) is 0.466. The molecule has 1 N–H and O–H groups in total. The Bertz CT molecular complexity index is 986. The standard InChI is InChI=1S/C27H34Cl2N2O2/c1-4-25(27(33)30-23-8-6-5-7-9-23)31(17-20-12-13-22(28)16-24(20)29)26(32)15-21-14-18(2)10-11-19(21)3/h10-14,16,23,25H,4-9,15,17H2,1-3H3,(H,30,33)/t25-/m1/s1. The molecular formula is C27H34Cl2N2O2. The first kappa shape index (κ1) is 25.6. The van der Waals surface area contributed by atoms with Crippen LogP contribution < -0.4 is 5.32 Å². The van der Waals surface area contributed by atoms with Crippen LogP contribution in [0.1, 0.15) is 67.7 Å². The van der Waals surface area contributed by atoms with Gasteiger partial charge >= 0.3 is 0 Å². The van der Waals surface area contributed by atoms with Gasteiger partial charge in [0.15, 0.2) is 0 Å². The predicted molar refractivity (Wildman–Crippen MR) is 136 cm³/mol. The summed E-state index contributed by atoms with van der Waals surface area (Å²) >= 11 is 12.5. The van der Waals surface area contributed by atoms with Crippen molar-refractivity contribution in [2.24, 2.45) is 0 Å². The first-order valence-corrected chi connectivity index (χ1v) is 12.6. The number of amides is 2. The second-order valence-corrected chi connectivity index (χ2v) is 9.98. The molecule has 4 nitrogen and oxygen atoms in total. The molecular weight excluding hydrogens is 455 g/mol. The first-order valence-electron chi connectivity index (χ1n) is 11.9. The molecule has 6 heteroatoms. The van der Waals surface area contributed by atoms with Crippen LogP contribution in [0.3, 0.4) is 0 Å². The van der Waals surface area contributed by atoms with Gasteiger partial charge in [0, 0.05) is 22.6 Å². The van der Waals surface area contributed by atoms with Crippen molar-refractivity contribution in [2.75, 3.05) is 0 Å². The van der Waals surface area contributed by atoms with Gasteiger partial charge in [0.1, 0.15) is 6.04 Å². The van der Waals surface area contributed by atoms with Crippen LogP contribution in [0.2, 0.25) is 10.0 Å². The van der Waals surface area contributed by atoms with Crippen LogP contribution in [0.25, 0.3) is 0 Å². The molecule has 1 saturated carbocycles. The summed E-state index contributed by atoms with van der Waals surface area (Å²) in [6.45, 7) is 6.24. The number of rotatable bonds is 8. The van der Waals surface area contributed by atoms with Gasteiger partial charge < -0.3 is 10.2 Å². The molecule has 0 saturated heterocycles. The Morgan fingerprint density at radius 1 is 1.03 bits per heavy atom. The topological polar surface area (TPSA) is 49.4 Å². The zero-order chi connectivity index (χ0) is 24.0. The highest BCUT2D eigenvalue weighted by Crippen LogP contribution is 2.25. The zero-order valence-electron chi connectivity index (χ0n) is 19.8. The minimum atomic E-state index is -0.559. The van der Waals surface area contributed by atoms with Crippen LogP contribution in [-0.4, -0.2) is 28.8 Å². The lowest BCUT2D eigenvalue weighted by atomic mass is 9.95. The van der Waals surface area contributed by atoms with Gasteiger partial charge in [-0.1, -0.05) is 79.2 Å². The van der Waals surface area contributed by atoms with Gasteiger partial charge in [0.25, 0.3) is 0 Å². The first-order chi connectivity index (χ1) is 15.8. The molecule has 0 spiro atoms. The molecule has 0 bridgehead atoms. The number of carbonyl (C=O) groups excluding carboxylic acids is 2. The van der Waals surface area contributed by atoms with E-state index in [4.69, 9.17) is 23.2 Å². The Morgan fingerprint density at radius 3 is 2.42 bits per heavy atom. The number of nitrogens with one attached hydrogen (secondary N) is 1. The maximum atomic E-state index is 13.6. The molecule has 33 heavy (non-hydrogen) atoms. The third kappa shape index (κ3) is 6.97. The Labute approximate surface area is 207 Å². The summed E-state index contributed by atoms with van der Waals surface area (Å²) in [6, 6.07) is 11.0. The molecule has 3 rings (SSSR count). The van der Waals surface area contributed by atoms with Crippen molar-refractivity contribution in [3.05, 3.63) is 68.7 Å². The van der Waals surface area contributed by atoms with Crippen molar-refractivity contribution in [3.63, 3.8) is 0 Å². The lowest BCUT2D eigenvalue weighted by molar-refractivity contribution is -0.141. The molecule has 0 heterocycles. The largest absolute Gasteiger partial charge is 0.352 e. The van der Waals surface area contributed by atoms with E-state index < -0.39 is 6.04 Å². The minimum absolute atomic E-state index is 0.0798. The molecule has 0 radical (unpaired) electrons. The molecule has 2 aromatic carbocycles. The molecule has 2 amide bonds. The summed E-state index contributed by atoms with van der Waals surface area (Å²) in [6.07, 6.45) is 6.27. The summed E-state index contributed by atoms with van der Waals surface area (Å²) in [5.41, 5.74) is 3.94. The van der Waals surface area contributed by atoms with Crippen LogP contribution in [0.4, 0.5) is 0 Å². The van der Waals surface area contributed by atoms with E-state index in [2.05, 4.69) is 5.32 Å². The van der Waals surface area contributed by atoms with Gasteiger partial charge in [-0.15, -0.1) is 0 Å². The zero-order valence-corrected chi connectivity index (χ0v) is 21.3. The predicted octanol–water partition coefficient (Wildman–Crippen LogP) is 6.41. The van der Waals surface area contributed by atoms with E-state index in [1.54, 1.807) is 17.0 Å². The molecule has 1 aliphatic rings. The number of hydrogen-bond donors (Lipinski definition) is 1. The number of carbonyl (C=O) groups is 2. The minimum Gasteiger partial charge on any atom is -0.352 e. The Kier molecular flexibility index (Phi) is 9.22. The Balaban J connectivity index is 1.87. The molecule has 1 aliphatic carbocycles. The SMILES string of the molecule is CC[C@H](C(=O)NC1CCCCC1)N(Cc1ccc(Cl)cc1Cl)C(=O)Cc1cc(C)ccc1C. The highest BCUT2D eigenvalue weighted by Gasteiger charge is 2.31. The van der Waals surface area contributed by atoms with Gasteiger partial charge in [0.2, 0.25) is 11.8 Å². The Morgan fingerprint density at radius 2 is 1.76 bits per heavy atom. The molecule has 178 valence electrons. The van der Waals surface area contributed by atoms with Crippen molar-refractivity contribution in [2.45, 2.75) is 84.3 Å². The summed E-state index contributed by atoms with van der Waals surface area (Å²) in [5, 5.41) is 4.25. The van der Waals surface area contributed by atoms with E-state index in [0.29, 0.717) is 16.5 Å². The highest BCUT2D eigenvalue weighted by atomic mass is 35.5. The number of nitrogens with zero attached hydrogens (tertiary/aromatic N) is 1. The van der Waals surface area contributed by atoms with Crippen molar-refractivity contribution in [1.29, 1.82) is 0 Å². The molecule has 1 fully saturated rings. The maximum absolute atomic E-state index is 13.6. The average Bonchev–Trinajstić information content (AvgIpc) is 2.78. The van der Waals surface area contributed by atoms with E-state index in [1.807, 2.05) is 45.0 Å². The molecule has 1 atom stereocenters. The number of aryl methyl sites for hydroxylation is 2. The second-order valence-electron chi connectivity index (χ2n) is 9.13. The summed E-state index contributed by atoms with van der Waals surface area (Å²) in [5.74, 6) is -0.163. The van der Waals surface area contributed by atoms with Crippen molar-refractivity contribution >= 4 is 35.0 Å². The fraction of sp³-hybridized carbons (Fsp3) is 0.481.